The average Bonchev–Trinajstić information content (AvgIpc) is 3.09. The van der Waals surface area contributed by atoms with Gasteiger partial charge in [0.1, 0.15) is 11.5 Å². The van der Waals surface area contributed by atoms with Crippen LogP contribution in [0.1, 0.15) is 0 Å². The third-order valence-electron chi connectivity index (χ3n) is 3.37. The minimum Gasteiger partial charge on any atom is -0.508 e. The lowest BCUT2D eigenvalue weighted by atomic mass is 10.1. The van der Waals surface area contributed by atoms with Gasteiger partial charge in [-0.1, -0.05) is 30.3 Å². The van der Waals surface area contributed by atoms with Crippen LogP contribution in [0, 0.1) is 0 Å². The largest absolute Gasteiger partial charge is 0.508 e. The Morgan fingerprint density at radius 2 is 1.82 bits per heavy atom. The van der Waals surface area contributed by atoms with Crippen LogP contribution in [-0.4, -0.2) is 24.8 Å². The predicted molar refractivity (Wildman–Crippen MR) is 85.1 cm³/mol. The molecule has 22 heavy (non-hydrogen) atoms. The van der Waals surface area contributed by atoms with Gasteiger partial charge in [0.15, 0.2) is 5.82 Å². The van der Waals surface area contributed by atoms with E-state index in [1.165, 1.54) is 23.5 Å². The van der Waals surface area contributed by atoms with Crippen molar-refractivity contribution >= 4 is 16.3 Å². The molecule has 0 aliphatic rings. The van der Waals surface area contributed by atoms with Crippen molar-refractivity contribution in [2.75, 3.05) is 0 Å². The van der Waals surface area contributed by atoms with Crippen molar-refractivity contribution in [1.82, 2.24) is 14.6 Å². The first-order chi connectivity index (χ1) is 10.7. The second-order valence-corrected chi connectivity index (χ2v) is 5.65. The summed E-state index contributed by atoms with van der Waals surface area (Å²) in [6.07, 6.45) is 0. The summed E-state index contributed by atoms with van der Waals surface area (Å²) in [5.41, 5.74) is 2.29. The summed E-state index contributed by atoms with van der Waals surface area (Å²) in [6, 6.07) is 14.3. The topological polar surface area (TPSA) is 70.7 Å². The molecular weight excluding hydrogens is 298 g/mol. The zero-order chi connectivity index (χ0) is 15.1. The first kappa shape index (κ1) is 12.8. The van der Waals surface area contributed by atoms with Gasteiger partial charge in [-0.2, -0.15) is 4.98 Å². The van der Waals surface area contributed by atoms with E-state index in [0.29, 0.717) is 11.4 Å². The molecule has 0 radical (unpaired) electrons. The third-order valence-corrected chi connectivity index (χ3v) is 4.19. The smallest absolute Gasteiger partial charge is 0.213 e. The Hall–Kier alpha value is -2.86. The van der Waals surface area contributed by atoms with Crippen LogP contribution < -0.4 is 0 Å². The number of phenolic OH excluding ortho intramolecular Hbond substituents is 2. The van der Waals surface area contributed by atoms with Gasteiger partial charge in [-0.05, 0) is 12.1 Å². The second kappa shape index (κ2) is 4.85. The molecule has 2 aromatic carbocycles. The van der Waals surface area contributed by atoms with Crippen molar-refractivity contribution in [1.29, 1.82) is 0 Å². The Bertz CT molecular complexity index is 960. The number of thiazole rings is 1. The van der Waals surface area contributed by atoms with Crippen LogP contribution in [0.2, 0.25) is 0 Å². The summed E-state index contributed by atoms with van der Waals surface area (Å²) >= 11 is 1.45. The van der Waals surface area contributed by atoms with Crippen molar-refractivity contribution in [3.63, 3.8) is 0 Å². The van der Waals surface area contributed by atoms with Gasteiger partial charge in [0.25, 0.3) is 0 Å². The van der Waals surface area contributed by atoms with Crippen molar-refractivity contribution in [2.24, 2.45) is 0 Å². The highest BCUT2D eigenvalue weighted by Crippen LogP contribution is 2.34. The lowest BCUT2D eigenvalue weighted by Gasteiger charge is -2.03. The van der Waals surface area contributed by atoms with E-state index in [1.54, 1.807) is 10.6 Å². The first-order valence-corrected chi connectivity index (χ1v) is 7.52. The molecule has 0 spiro atoms. The molecule has 0 amide bonds. The van der Waals surface area contributed by atoms with Crippen molar-refractivity contribution in [3.8, 4) is 34.1 Å². The molecule has 4 rings (SSSR count). The van der Waals surface area contributed by atoms with Crippen LogP contribution in [0.15, 0.2) is 53.9 Å². The van der Waals surface area contributed by atoms with Crippen LogP contribution >= 0.6 is 11.3 Å². The Kier molecular flexibility index (Phi) is 2.83. The zero-order valence-corrected chi connectivity index (χ0v) is 12.2. The molecule has 0 saturated heterocycles. The maximum atomic E-state index is 10.0. The number of aromatic hydroxyl groups is 2. The number of hydrogen-bond acceptors (Lipinski definition) is 5. The van der Waals surface area contributed by atoms with E-state index < -0.39 is 0 Å². The zero-order valence-electron chi connectivity index (χ0n) is 11.3. The van der Waals surface area contributed by atoms with E-state index in [-0.39, 0.29) is 11.5 Å². The molecular formula is C16H11N3O2S. The molecule has 2 heterocycles. The number of benzene rings is 2. The summed E-state index contributed by atoms with van der Waals surface area (Å²) in [5.74, 6) is 0.680. The summed E-state index contributed by atoms with van der Waals surface area (Å²) in [5, 5.41) is 25.8. The average molecular weight is 309 g/mol. The molecule has 0 atom stereocenters. The van der Waals surface area contributed by atoms with Gasteiger partial charge in [0.05, 0.1) is 5.69 Å². The van der Waals surface area contributed by atoms with Crippen LogP contribution in [0.5, 0.6) is 11.5 Å². The molecule has 0 saturated carbocycles. The molecule has 0 fully saturated rings. The molecule has 2 N–H and O–H groups in total. The Labute approximate surface area is 129 Å². The number of hydrogen-bond donors (Lipinski definition) is 2. The molecule has 2 aromatic heterocycles. The van der Waals surface area contributed by atoms with Crippen molar-refractivity contribution < 1.29 is 10.2 Å². The van der Waals surface area contributed by atoms with Gasteiger partial charge in [0.2, 0.25) is 4.96 Å². The fraction of sp³-hybridized carbons (Fsp3) is 0. The summed E-state index contributed by atoms with van der Waals surface area (Å²) in [6.45, 7) is 0. The van der Waals surface area contributed by atoms with Crippen molar-refractivity contribution in [2.45, 2.75) is 0 Å². The predicted octanol–water partition coefficient (Wildman–Crippen LogP) is 3.54. The fourth-order valence-electron chi connectivity index (χ4n) is 2.31. The minimum absolute atomic E-state index is 0.0106. The van der Waals surface area contributed by atoms with Crippen molar-refractivity contribution in [3.05, 3.63) is 53.9 Å². The molecule has 4 aromatic rings. The maximum Gasteiger partial charge on any atom is 0.213 e. The highest BCUT2D eigenvalue weighted by molar-refractivity contribution is 7.15. The number of aromatic nitrogens is 3. The number of fused-ring (bicyclic) bond motifs is 1. The SMILES string of the molecule is Oc1ccc(-c2csc3nc(-c4ccccc4)nn23)c(O)c1. The van der Waals surface area contributed by atoms with Gasteiger partial charge in [0, 0.05) is 22.6 Å². The second-order valence-electron chi connectivity index (χ2n) is 4.82. The van der Waals surface area contributed by atoms with Crippen LogP contribution in [0.3, 0.4) is 0 Å². The summed E-state index contributed by atoms with van der Waals surface area (Å²) in [7, 11) is 0. The lowest BCUT2D eigenvalue weighted by molar-refractivity contribution is 0.451. The molecule has 6 heteroatoms. The fourth-order valence-corrected chi connectivity index (χ4v) is 3.14. The quantitative estimate of drug-likeness (QED) is 0.594. The molecule has 0 bridgehead atoms. The Morgan fingerprint density at radius 3 is 2.59 bits per heavy atom. The highest BCUT2D eigenvalue weighted by Gasteiger charge is 2.15. The van der Waals surface area contributed by atoms with Crippen LogP contribution in [-0.2, 0) is 0 Å². The summed E-state index contributed by atoms with van der Waals surface area (Å²) < 4.78 is 1.71. The minimum atomic E-state index is 0.0106. The lowest BCUT2D eigenvalue weighted by Crippen LogP contribution is -1.89. The molecule has 0 aliphatic heterocycles. The maximum absolute atomic E-state index is 10.0. The molecule has 0 aliphatic carbocycles. The number of rotatable bonds is 2. The highest BCUT2D eigenvalue weighted by atomic mass is 32.1. The standard InChI is InChI=1S/C16H11N3O2S/c20-11-6-7-12(14(21)8-11)13-9-22-16-17-15(18-19(13)16)10-4-2-1-3-5-10/h1-9,20-21H. The van der Waals surface area contributed by atoms with Gasteiger partial charge in [-0.15, -0.1) is 16.4 Å². The Morgan fingerprint density at radius 1 is 1.00 bits per heavy atom. The molecule has 0 unspecified atom stereocenters. The molecule has 5 nitrogen and oxygen atoms in total. The van der Waals surface area contributed by atoms with E-state index in [9.17, 15) is 10.2 Å². The number of nitrogens with zero attached hydrogens (tertiary/aromatic N) is 3. The van der Waals surface area contributed by atoms with Crippen LogP contribution in [0.4, 0.5) is 0 Å². The van der Waals surface area contributed by atoms with E-state index in [1.807, 2.05) is 35.7 Å². The van der Waals surface area contributed by atoms with Gasteiger partial charge in [-0.25, -0.2) is 4.52 Å². The third kappa shape index (κ3) is 2.01. The normalized spacial score (nSPS) is 11.1. The Balaban J connectivity index is 1.88. The van der Waals surface area contributed by atoms with E-state index in [4.69, 9.17) is 0 Å². The van der Waals surface area contributed by atoms with Gasteiger partial charge < -0.3 is 10.2 Å². The van der Waals surface area contributed by atoms with E-state index >= 15 is 0 Å². The monoisotopic (exact) mass is 309 g/mol. The first-order valence-electron chi connectivity index (χ1n) is 6.64. The summed E-state index contributed by atoms with van der Waals surface area (Å²) in [4.78, 5) is 5.27. The van der Waals surface area contributed by atoms with Crippen LogP contribution in [0.25, 0.3) is 27.6 Å². The van der Waals surface area contributed by atoms with E-state index in [0.717, 1.165) is 16.2 Å². The number of phenols is 2. The van der Waals surface area contributed by atoms with Gasteiger partial charge in [-0.3, -0.25) is 0 Å². The molecule has 108 valence electrons. The van der Waals surface area contributed by atoms with Gasteiger partial charge >= 0.3 is 0 Å². The van der Waals surface area contributed by atoms with E-state index in [2.05, 4.69) is 10.1 Å².